The third-order valence-electron chi connectivity index (χ3n) is 2.86. The Morgan fingerprint density at radius 2 is 1.95 bits per heavy atom. The van der Waals surface area contributed by atoms with Crippen molar-refractivity contribution in [2.45, 2.75) is 13.8 Å². The van der Waals surface area contributed by atoms with Crippen LogP contribution < -0.4 is 10.1 Å². The highest BCUT2D eigenvalue weighted by Gasteiger charge is 2.12. The largest absolute Gasteiger partial charge is 0.492 e. The highest BCUT2D eigenvalue weighted by molar-refractivity contribution is 5.95. The van der Waals surface area contributed by atoms with E-state index in [1.54, 1.807) is 12.1 Å². The van der Waals surface area contributed by atoms with Crippen molar-refractivity contribution in [3.63, 3.8) is 0 Å². The van der Waals surface area contributed by atoms with Crippen LogP contribution in [0, 0.1) is 6.92 Å². The number of carboxylic acid groups (broad SMARTS) is 1. The summed E-state index contributed by atoms with van der Waals surface area (Å²) < 4.78 is 5.52. The average Bonchev–Trinajstić information content (AvgIpc) is 2.43. The summed E-state index contributed by atoms with van der Waals surface area (Å²) in [7, 11) is 0. The number of nitrogens with one attached hydrogen (secondary N) is 1. The Kier molecular flexibility index (Phi) is 4.25. The summed E-state index contributed by atoms with van der Waals surface area (Å²) in [4.78, 5) is 11.3. The number of benzene rings is 2. The first-order valence-corrected chi connectivity index (χ1v) is 6.44. The first-order valence-electron chi connectivity index (χ1n) is 6.44. The van der Waals surface area contributed by atoms with Crippen LogP contribution in [0.3, 0.4) is 0 Å². The predicted octanol–water partition coefficient (Wildman–Crippen LogP) is 3.84. The third-order valence-corrected chi connectivity index (χ3v) is 2.86. The van der Waals surface area contributed by atoms with Gasteiger partial charge in [0.2, 0.25) is 0 Å². The minimum atomic E-state index is -0.954. The number of para-hydroxylation sites is 2. The maximum Gasteiger partial charge on any atom is 0.337 e. The van der Waals surface area contributed by atoms with Crippen molar-refractivity contribution in [2.75, 3.05) is 11.9 Å². The van der Waals surface area contributed by atoms with Crippen molar-refractivity contribution in [3.05, 3.63) is 53.6 Å². The van der Waals surface area contributed by atoms with Gasteiger partial charge in [-0.05, 0) is 38.1 Å². The van der Waals surface area contributed by atoms with Crippen LogP contribution in [0.2, 0.25) is 0 Å². The van der Waals surface area contributed by atoms with Crippen molar-refractivity contribution in [1.82, 2.24) is 0 Å². The lowest BCUT2D eigenvalue weighted by Gasteiger charge is -2.14. The van der Waals surface area contributed by atoms with Crippen molar-refractivity contribution in [2.24, 2.45) is 0 Å². The van der Waals surface area contributed by atoms with Crippen LogP contribution in [0.25, 0.3) is 0 Å². The van der Waals surface area contributed by atoms with Crippen molar-refractivity contribution in [1.29, 1.82) is 0 Å². The smallest absolute Gasteiger partial charge is 0.337 e. The van der Waals surface area contributed by atoms with E-state index in [0.29, 0.717) is 18.0 Å². The lowest BCUT2D eigenvalue weighted by Crippen LogP contribution is -2.04. The molecule has 2 rings (SSSR count). The molecule has 0 atom stereocenters. The molecule has 0 unspecified atom stereocenters. The third kappa shape index (κ3) is 3.09. The van der Waals surface area contributed by atoms with Crippen molar-refractivity contribution < 1.29 is 14.6 Å². The van der Waals surface area contributed by atoms with E-state index in [-0.39, 0.29) is 5.56 Å². The summed E-state index contributed by atoms with van der Waals surface area (Å²) in [5, 5.41) is 12.4. The van der Waals surface area contributed by atoms with Crippen LogP contribution in [0.4, 0.5) is 11.4 Å². The molecule has 0 bridgehead atoms. The van der Waals surface area contributed by atoms with Gasteiger partial charge in [0.25, 0.3) is 0 Å². The molecule has 0 heterocycles. The molecule has 4 heteroatoms. The summed E-state index contributed by atoms with van der Waals surface area (Å²) >= 11 is 0. The molecule has 2 aromatic rings. The van der Waals surface area contributed by atoms with Gasteiger partial charge in [0.05, 0.1) is 23.5 Å². The van der Waals surface area contributed by atoms with Gasteiger partial charge in [-0.2, -0.15) is 0 Å². The molecule has 104 valence electrons. The quantitative estimate of drug-likeness (QED) is 0.867. The highest BCUT2D eigenvalue weighted by Crippen LogP contribution is 2.29. The fourth-order valence-electron chi connectivity index (χ4n) is 1.94. The summed E-state index contributed by atoms with van der Waals surface area (Å²) in [5.41, 5.74) is 2.46. The normalized spacial score (nSPS) is 10.1. The molecule has 0 amide bonds. The molecule has 4 nitrogen and oxygen atoms in total. The van der Waals surface area contributed by atoms with E-state index in [2.05, 4.69) is 5.32 Å². The molecule has 2 aromatic carbocycles. The number of aromatic carboxylic acids is 1. The molecule has 0 fully saturated rings. The number of carbonyl (C=O) groups is 1. The lowest BCUT2D eigenvalue weighted by molar-refractivity contribution is 0.0698. The molecule has 0 radical (unpaired) electrons. The second kappa shape index (κ2) is 6.10. The Labute approximate surface area is 118 Å². The van der Waals surface area contributed by atoms with E-state index >= 15 is 0 Å². The van der Waals surface area contributed by atoms with Crippen LogP contribution in [-0.4, -0.2) is 17.7 Å². The molecular weight excluding hydrogens is 254 g/mol. The van der Waals surface area contributed by atoms with E-state index < -0.39 is 5.97 Å². The summed E-state index contributed by atoms with van der Waals surface area (Å²) in [6, 6.07) is 12.7. The van der Waals surface area contributed by atoms with E-state index in [1.807, 2.05) is 44.2 Å². The predicted molar refractivity (Wildman–Crippen MR) is 79.0 cm³/mol. The lowest BCUT2D eigenvalue weighted by atomic mass is 10.1. The van der Waals surface area contributed by atoms with Crippen LogP contribution in [0.5, 0.6) is 5.75 Å². The van der Waals surface area contributed by atoms with Gasteiger partial charge in [-0.25, -0.2) is 4.79 Å². The van der Waals surface area contributed by atoms with E-state index in [4.69, 9.17) is 4.74 Å². The molecule has 0 aliphatic carbocycles. The number of hydrogen-bond acceptors (Lipinski definition) is 3. The van der Waals surface area contributed by atoms with Crippen molar-refractivity contribution in [3.8, 4) is 5.75 Å². The van der Waals surface area contributed by atoms with Gasteiger partial charge in [-0.1, -0.05) is 23.8 Å². The number of aryl methyl sites for hydroxylation is 1. The first-order chi connectivity index (χ1) is 9.61. The van der Waals surface area contributed by atoms with E-state index in [9.17, 15) is 9.90 Å². The minimum Gasteiger partial charge on any atom is -0.492 e. The SMILES string of the molecule is CCOc1ccccc1Nc1ccc(C)cc1C(=O)O. The summed E-state index contributed by atoms with van der Waals surface area (Å²) in [6.07, 6.45) is 0. The fourth-order valence-corrected chi connectivity index (χ4v) is 1.94. The maximum atomic E-state index is 11.3. The zero-order valence-electron chi connectivity index (χ0n) is 11.5. The van der Waals surface area contributed by atoms with Gasteiger partial charge in [0.1, 0.15) is 5.75 Å². The van der Waals surface area contributed by atoms with Crippen LogP contribution >= 0.6 is 0 Å². The monoisotopic (exact) mass is 271 g/mol. The Morgan fingerprint density at radius 3 is 2.65 bits per heavy atom. The summed E-state index contributed by atoms with van der Waals surface area (Å²) in [6.45, 7) is 4.33. The minimum absolute atomic E-state index is 0.247. The van der Waals surface area contributed by atoms with E-state index in [1.165, 1.54) is 0 Å². The average molecular weight is 271 g/mol. The Hall–Kier alpha value is -2.49. The number of hydrogen-bond donors (Lipinski definition) is 2. The van der Waals surface area contributed by atoms with Crippen LogP contribution in [0.1, 0.15) is 22.8 Å². The maximum absolute atomic E-state index is 11.3. The number of anilines is 2. The number of carboxylic acids is 1. The standard InChI is InChI=1S/C16H17NO3/c1-3-20-15-7-5-4-6-14(15)17-13-9-8-11(2)10-12(13)16(18)19/h4-10,17H,3H2,1-2H3,(H,18,19). The molecule has 20 heavy (non-hydrogen) atoms. The molecule has 0 saturated heterocycles. The molecule has 2 N–H and O–H groups in total. The summed E-state index contributed by atoms with van der Waals surface area (Å²) in [5.74, 6) is -0.253. The molecule has 0 aliphatic rings. The van der Waals surface area contributed by atoms with Gasteiger partial charge >= 0.3 is 5.97 Å². The van der Waals surface area contributed by atoms with Crippen molar-refractivity contribution >= 4 is 17.3 Å². The van der Waals surface area contributed by atoms with Gasteiger partial charge in [-0.15, -0.1) is 0 Å². The highest BCUT2D eigenvalue weighted by atomic mass is 16.5. The Balaban J connectivity index is 2.37. The first kappa shape index (κ1) is 13.9. The zero-order valence-corrected chi connectivity index (χ0v) is 11.5. The molecule has 0 saturated carbocycles. The molecule has 0 aliphatic heterocycles. The second-order valence-corrected chi connectivity index (χ2v) is 4.41. The van der Waals surface area contributed by atoms with Gasteiger partial charge in [0, 0.05) is 0 Å². The number of rotatable bonds is 5. The number of ether oxygens (including phenoxy) is 1. The van der Waals surface area contributed by atoms with Gasteiger partial charge < -0.3 is 15.2 Å². The van der Waals surface area contributed by atoms with Crippen LogP contribution in [-0.2, 0) is 0 Å². The molecule has 0 spiro atoms. The zero-order chi connectivity index (χ0) is 14.5. The molecular formula is C16H17NO3. The Bertz CT molecular complexity index is 623. The van der Waals surface area contributed by atoms with Gasteiger partial charge in [-0.3, -0.25) is 0 Å². The topological polar surface area (TPSA) is 58.6 Å². The van der Waals surface area contributed by atoms with E-state index in [0.717, 1.165) is 11.3 Å². The van der Waals surface area contributed by atoms with Gasteiger partial charge in [0.15, 0.2) is 0 Å². The Morgan fingerprint density at radius 1 is 1.20 bits per heavy atom. The molecule has 0 aromatic heterocycles. The fraction of sp³-hybridized carbons (Fsp3) is 0.188. The van der Waals surface area contributed by atoms with Crippen LogP contribution in [0.15, 0.2) is 42.5 Å². The second-order valence-electron chi connectivity index (χ2n) is 4.41.